The number of Topliss-reactive ketones (excluding diaryl/α,β-unsaturated/α-hetero) is 1. The molecule has 0 heterocycles. The molecule has 0 N–H and O–H groups in total. The van der Waals surface area contributed by atoms with E-state index in [-0.39, 0.29) is 36.8 Å². The Morgan fingerprint density at radius 3 is 2.30 bits per heavy atom. The molecule has 0 aliphatic heterocycles. The molecule has 0 aromatic heterocycles. The number of hydrogen-bond donors (Lipinski definition) is 0. The maximum atomic E-state index is 12.1. The zero-order valence-corrected chi connectivity index (χ0v) is 21.5. The first-order chi connectivity index (χ1) is 14.0. The Morgan fingerprint density at radius 2 is 1.73 bits per heavy atom. The number of carbonyl (C=O) groups is 2. The van der Waals surface area contributed by atoms with E-state index in [4.69, 9.17) is 9.78 Å². The molecule has 0 saturated heterocycles. The van der Waals surface area contributed by atoms with Crippen LogP contribution in [-0.2, 0) is 16.1 Å². The molecule has 0 radical (unpaired) electrons. The van der Waals surface area contributed by atoms with Crippen LogP contribution in [0.4, 0.5) is 0 Å². The van der Waals surface area contributed by atoms with Crippen molar-refractivity contribution < 1.29 is 50.3 Å². The topological polar surface area (TPSA) is 52.6 Å². The number of benzene rings is 2. The van der Waals surface area contributed by atoms with Crippen LogP contribution < -0.4 is 34.4 Å². The van der Waals surface area contributed by atoms with Gasteiger partial charge in [-0.15, -0.1) is 11.8 Å². The number of carbonyl (C=O) groups excluding carboxylic acids is 2. The van der Waals surface area contributed by atoms with Gasteiger partial charge in [-0.2, -0.15) is 0 Å². The first-order valence-electron chi connectivity index (χ1n) is 10.2. The number of hydrogen-bond acceptors (Lipinski definition) is 5. The summed E-state index contributed by atoms with van der Waals surface area (Å²) in [6.07, 6.45) is 4.95. The molecule has 0 aliphatic carbocycles. The van der Waals surface area contributed by atoms with Crippen molar-refractivity contribution in [1.29, 1.82) is 0 Å². The van der Waals surface area contributed by atoms with Gasteiger partial charge in [0.1, 0.15) is 0 Å². The summed E-state index contributed by atoms with van der Waals surface area (Å²) in [5.74, 6) is -0.307. The molecule has 0 fully saturated rings. The van der Waals surface area contributed by atoms with Crippen molar-refractivity contribution in [1.82, 2.24) is 0 Å². The van der Waals surface area contributed by atoms with Gasteiger partial charge in [0, 0.05) is 22.6 Å². The Bertz CT molecular complexity index is 830. The van der Waals surface area contributed by atoms with Crippen LogP contribution in [0.3, 0.4) is 0 Å². The predicted octanol–water partition coefficient (Wildman–Crippen LogP) is 3.84. The van der Waals surface area contributed by atoms with Crippen molar-refractivity contribution in [3.63, 3.8) is 0 Å². The zero-order valence-electron chi connectivity index (χ0n) is 19.7. The van der Waals surface area contributed by atoms with Crippen LogP contribution in [0.15, 0.2) is 47.4 Å². The van der Waals surface area contributed by atoms with Crippen LogP contribution in [0, 0.1) is 0 Å². The zero-order chi connectivity index (χ0) is 21.2. The molecule has 1 unspecified atom stereocenters. The average molecular weight is 439 g/mol. The molecule has 0 aliphatic rings. The monoisotopic (exact) mass is 438 g/mol. The van der Waals surface area contributed by atoms with Crippen LogP contribution in [0.5, 0.6) is 5.75 Å². The molecule has 0 saturated carbocycles. The molecule has 6 heteroatoms. The maximum absolute atomic E-state index is 12.1. The van der Waals surface area contributed by atoms with Gasteiger partial charge in [0.15, 0.2) is 11.5 Å². The fraction of sp³-hybridized carbons (Fsp3) is 0.417. The van der Waals surface area contributed by atoms with E-state index in [1.54, 1.807) is 17.8 Å². The molecular weight excluding hydrogens is 407 g/mol. The van der Waals surface area contributed by atoms with Crippen molar-refractivity contribution in [2.45, 2.75) is 69.9 Å². The van der Waals surface area contributed by atoms with Crippen LogP contribution in [0.25, 0.3) is 0 Å². The van der Waals surface area contributed by atoms with Gasteiger partial charge in [0.05, 0.1) is 5.56 Å². The molecule has 0 spiro atoms. The van der Waals surface area contributed by atoms with Crippen LogP contribution in [0.2, 0.25) is 0 Å². The van der Waals surface area contributed by atoms with E-state index in [1.807, 2.05) is 12.1 Å². The van der Waals surface area contributed by atoms with Gasteiger partial charge in [-0.1, -0.05) is 63.4 Å². The van der Waals surface area contributed by atoms with Crippen molar-refractivity contribution in [3.8, 4) is 5.75 Å². The Morgan fingerprint density at radius 1 is 1.03 bits per heavy atom. The molecule has 0 amide bonds. The molecule has 30 heavy (non-hydrogen) atoms. The molecular formula is C24H31NaO4S. The smallest absolute Gasteiger partial charge is 1.00 e. The molecule has 2 rings (SSSR count). The number of thioether (sulfide) groups is 1. The minimum absolute atomic E-state index is 0. The quantitative estimate of drug-likeness (QED) is 0.175. The fourth-order valence-corrected chi connectivity index (χ4v) is 4.55. The first-order valence-corrected chi connectivity index (χ1v) is 11.1. The van der Waals surface area contributed by atoms with Crippen molar-refractivity contribution in [2.75, 3.05) is 0 Å². The van der Waals surface area contributed by atoms with E-state index in [0.29, 0.717) is 16.6 Å². The summed E-state index contributed by atoms with van der Waals surface area (Å²) in [5.41, 5.74) is 2.64. The van der Waals surface area contributed by atoms with Gasteiger partial charge < -0.3 is 1.43 Å². The molecule has 2 aromatic carbocycles. The van der Waals surface area contributed by atoms with E-state index in [2.05, 4.69) is 38.1 Å². The summed E-state index contributed by atoms with van der Waals surface area (Å²) in [6.45, 7) is 7.05. The van der Waals surface area contributed by atoms with E-state index < -0.39 is 5.97 Å². The third-order valence-electron chi connectivity index (χ3n) is 4.60. The summed E-state index contributed by atoms with van der Waals surface area (Å²) in [6, 6.07) is 14.2. The second kappa shape index (κ2) is 13.9. The number of ketones is 1. The minimum atomic E-state index is -0.551. The van der Waals surface area contributed by atoms with E-state index in [1.165, 1.54) is 19.4 Å². The van der Waals surface area contributed by atoms with Gasteiger partial charge in [-0.05, 0) is 37.5 Å². The van der Waals surface area contributed by atoms with E-state index in [0.717, 1.165) is 42.6 Å². The molecule has 2 aromatic rings. The molecule has 158 valence electrons. The Labute approximate surface area is 207 Å². The standard InChI is InChI=1S/C24H30O4S.Na.H/c1-5-7-14-22(19-12-9-8-10-13-19)29-23-16-15-20(17(3)25)24(21(23)11-6-2)28-27-18(4)26;;/h8-10,12-13,15-16,22H,5-7,11,14H2,1-4H3;;/q;+1;-1. The number of unbranched alkanes of at least 4 members (excludes halogenated alkanes) is 1. The van der Waals surface area contributed by atoms with Crippen molar-refractivity contribution >= 4 is 23.5 Å². The fourth-order valence-electron chi connectivity index (χ4n) is 3.18. The minimum Gasteiger partial charge on any atom is -1.00 e. The van der Waals surface area contributed by atoms with Gasteiger partial charge in [0.2, 0.25) is 0 Å². The second-order valence-electron chi connectivity index (χ2n) is 7.04. The largest absolute Gasteiger partial charge is 1.00 e. The van der Waals surface area contributed by atoms with Crippen LogP contribution >= 0.6 is 11.8 Å². The van der Waals surface area contributed by atoms with Gasteiger partial charge >= 0.3 is 35.5 Å². The summed E-state index contributed by atoms with van der Waals surface area (Å²) >= 11 is 1.79. The first kappa shape index (κ1) is 26.8. The molecule has 4 nitrogen and oxygen atoms in total. The maximum Gasteiger partial charge on any atom is 1.00 e. The summed E-state index contributed by atoms with van der Waals surface area (Å²) < 4.78 is 0. The van der Waals surface area contributed by atoms with Crippen molar-refractivity contribution in [3.05, 3.63) is 59.2 Å². The van der Waals surface area contributed by atoms with Gasteiger partial charge in [-0.25, -0.2) is 4.79 Å². The van der Waals surface area contributed by atoms with Crippen molar-refractivity contribution in [2.24, 2.45) is 0 Å². The van der Waals surface area contributed by atoms with Crippen LogP contribution in [0.1, 0.15) is 81.5 Å². The van der Waals surface area contributed by atoms with E-state index in [9.17, 15) is 9.59 Å². The molecule has 0 bridgehead atoms. The average Bonchev–Trinajstić information content (AvgIpc) is 2.71. The third-order valence-corrected chi connectivity index (χ3v) is 6.03. The summed E-state index contributed by atoms with van der Waals surface area (Å²) in [7, 11) is 0. The number of rotatable bonds is 11. The third kappa shape index (κ3) is 7.77. The van der Waals surface area contributed by atoms with E-state index >= 15 is 0 Å². The summed E-state index contributed by atoms with van der Waals surface area (Å²) in [5, 5.41) is 0.302. The van der Waals surface area contributed by atoms with Gasteiger partial charge in [-0.3, -0.25) is 14.6 Å². The molecule has 1 atom stereocenters. The Balaban J connectivity index is 0.00000450. The SMILES string of the molecule is CCCCC(Sc1ccc(C(C)=O)c(OOC(C)=O)c1CCC)c1ccccc1.[H-].[Na+]. The van der Waals surface area contributed by atoms with Gasteiger partial charge in [0.25, 0.3) is 0 Å². The second-order valence-corrected chi connectivity index (χ2v) is 8.29. The Hall–Kier alpha value is -1.27. The van der Waals surface area contributed by atoms with Crippen LogP contribution in [-0.4, -0.2) is 11.8 Å². The Kier molecular flexibility index (Phi) is 12.4. The normalized spacial score (nSPS) is 11.3. The summed E-state index contributed by atoms with van der Waals surface area (Å²) in [4.78, 5) is 34.7. The predicted molar refractivity (Wildman–Crippen MR) is 119 cm³/mol.